The molecule has 0 bridgehead atoms. The fourth-order valence-electron chi connectivity index (χ4n) is 2.37. The van der Waals surface area contributed by atoms with Gasteiger partial charge in [-0.25, -0.2) is 0 Å². The average molecular weight is 356 g/mol. The maximum atomic E-state index is 5.81. The fourth-order valence-corrected chi connectivity index (χ4v) is 3.33. The molecule has 1 aliphatic rings. The lowest BCUT2D eigenvalue weighted by Crippen LogP contribution is -2.40. The molecule has 0 amide bonds. The number of ether oxygens (including phenoxy) is 3. The highest BCUT2D eigenvalue weighted by Gasteiger charge is 2.18. The predicted molar refractivity (Wildman–Crippen MR) is 100 cm³/mol. The van der Waals surface area contributed by atoms with Gasteiger partial charge in [0.15, 0.2) is 0 Å². The van der Waals surface area contributed by atoms with E-state index in [0.717, 1.165) is 72.9 Å². The number of methoxy groups -OCH3 is 1. The molecule has 1 aromatic carbocycles. The van der Waals surface area contributed by atoms with Gasteiger partial charge in [0.2, 0.25) is 0 Å². The lowest BCUT2D eigenvalue weighted by Gasteiger charge is -2.29. The van der Waals surface area contributed by atoms with Gasteiger partial charge < -0.3 is 19.1 Å². The highest BCUT2D eigenvalue weighted by molar-refractivity contribution is 7.99. The van der Waals surface area contributed by atoms with Crippen LogP contribution >= 0.6 is 24.0 Å². The Labute approximate surface area is 148 Å². The van der Waals surface area contributed by atoms with Crippen LogP contribution in [-0.2, 0) is 4.74 Å². The molecule has 2 rings (SSSR count). The number of hydrogen-bond acceptors (Lipinski definition) is 5. The van der Waals surface area contributed by atoms with Crippen molar-refractivity contribution in [3.05, 3.63) is 23.8 Å². The third-order valence-electron chi connectivity index (χ3n) is 3.61. The lowest BCUT2D eigenvalue weighted by atomic mass is 10.1. The maximum Gasteiger partial charge on any atom is 0.132 e. The molecule has 0 aromatic heterocycles. The Morgan fingerprint density at radius 3 is 2.83 bits per heavy atom. The highest BCUT2D eigenvalue weighted by atomic mass is 32.2. The summed E-state index contributed by atoms with van der Waals surface area (Å²) < 4.78 is 16.7. The van der Waals surface area contributed by atoms with Gasteiger partial charge in [-0.2, -0.15) is 11.8 Å². The second-order valence-corrected chi connectivity index (χ2v) is 6.95. The molecule has 0 spiro atoms. The van der Waals surface area contributed by atoms with Gasteiger partial charge in [0.05, 0.1) is 32.5 Å². The van der Waals surface area contributed by atoms with Crippen molar-refractivity contribution in [1.82, 2.24) is 4.90 Å². The average Bonchev–Trinajstić information content (AvgIpc) is 2.61. The minimum Gasteiger partial charge on any atom is -0.496 e. The van der Waals surface area contributed by atoms with E-state index in [2.05, 4.69) is 11.8 Å². The Hall–Kier alpha value is -0.980. The van der Waals surface area contributed by atoms with Crippen LogP contribution in [0, 0.1) is 0 Å². The van der Waals surface area contributed by atoms with E-state index in [0.29, 0.717) is 0 Å². The van der Waals surface area contributed by atoms with Gasteiger partial charge in [-0.1, -0.05) is 19.1 Å². The minimum absolute atomic E-state index is 0.722. The van der Waals surface area contributed by atoms with Crippen LogP contribution in [0.3, 0.4) is 0 Å². The largest absolute Gasteiger partial charge is 0.496 e. The smallest absolute Gasteiger partial charge is 0.132 e. The number of thioether (sulfide) groups is 1. The van der Waals surface area contributed by atoms with Crippen LogP contribution in [0.1, 0.15) is 18.9 Å². The van der Waals surface area contributed by atoms with Crippen LogP contribution in [0.25, 0.3) is 0 Å². The topological polar surface area (TPSA) is 30.9 Å². The molecule has 128 valence electrons. The van der Waals surface area contributed by atoms with Crippen molar-refractivity contribution in [2.75, 3.05) is 51.5 Å². The number of morpholine rings is 1. The van der Waals surface area contributed by atoms with Crippen LogP contribution in [-0.4, -0.2) is 61.4 Å². The van der Waals surface area contributed by atoms with Crippen LogP contribution in [0.2, 0.25) is 0 Å². The van der Waals surface area contributed by atoms with Gasteiger partial charge >= 0.3 is 0 Å². The second kappa shape index (κ2) is 10.0. The van der Waals surface area contributed by atoms with Gasteiger partial charge in [0.25, 0.3) is 0 Å². The first-order valence-electron chi connectivity index (χ1n) is 8.02. The summed E-state index contributed by atoms with van der Waals surface area (Å²) in [6, 6.07) is 5.89. The Balaban J connectivity index is 1.96. The first kappa shape index (κ1) is 18.4. The van der Waals surface area contributed by atoms with Crippen molar-refractivity contribution in [2.24, 2.45) is 0 Å². The Bertz CT molecular complexity index is 505. The summed E-state index contributed by atoms with van der Waals surface area (Å²) in [5, 5.41) is 0. The second-order valence-electron chi connectivity index (χ2n) is 5.17. The van der Waals surface area contributed by atoms with E-state index in [1.54, 1.807) is 7.11 Å². The number of rotatable bonds is 8. The first-order valence-corrected chi connectivity index (χ1v) is 9.58. The zero-order valence-electron chi connectivity index (χ0n) is 13.9. The zero-order chi connectivity index (χ0) is 16.5. The molecule has 0 N–H and O–H groups in total. The van der Waals surface area contributed by atoms with Crippen LogP contribution < -0.4 is 9.47 Å². The monoisotopic (exact) mass is 355 g/mol. The SMILES string of the molecule is CCSCCCOc1ccc(C(=S)N2CCOCC2)c(OC)c1. The van der Waals surface area contributed by atoms with E-state index < -0.39 is 0 Å². The lowest BCUT2D eigenvalue weighted by molar-refractivity contribution is 0.0692. The molecule has 6 heteroatoms. The molecule has 0 saturated carbocycles. The summed E-state index contributed by atoms with van der Waals surface area (Å²) in [6.45, 7) is 6.00. The van der Waals surface area contributed by atoms with Crippen molar-refractivity contribution in [1.29, 1.82) is 0 Å². The standard InChI is InChI=1S/C17H25NO3S2/c1-3-23-12-4-9-21-14-5-6-15(16(13-14)19-2)17(22)18-7-10-20-11-8-18/h5-6,13H,3-4,7-12H2,1-2H3. The summed E-state index contributed by atoms with van der Waals surface area (Å²) in [4.78, 5) is 2.98. The number of nitrogens with zero attached hydrogens (tertiary/aromatic N) is 1. The summed E-state index contributed by atoms with van der Waals surface area (Å²) in [5.41, 5.74) is 0.943. The van der Waals surface area contributed by atoms with Crippen molar-refractivity contribution >= 4 is 29.0 Å². The van der Waals surface area contributed by atoms with Crippen LogP contribution in [0.4, 0.5) is 0 Å². The van der Waals surface area contributed by atoms with Crippen molar-refractivity contribution in [3.8, 4) is 11.5 Å². The fraction of sp³-hybridized carbons (Fsp3) is 0.588. The normalized spacial score (nSPS) is 14.6. The van der Waals surface area contributed by atoms with Gasteiger partial charge in [0.1, 0.15) is 16.5 Å². The molecule has 4 nitrogen and oxygen atoms in total. The Morgan fingerprint density at radius 2 is 2.13 bits per heavy atom. The molecular formula is C17H25NO3S2. The van der Waals surface area contributed by atoms with Crippen LogP contribution in [0.5, 0.6) is 11.5 Å². The zero-order valence-corrected chi connectivity index (χ0v) is 15.5. The molecule has 1 aliphatic heterocycles. The van der Waals surface area contributed by atoms with E-state index in [9.17, 15) is 0 Å². The van der Waals surface area contributed by atoms with Gasteiger partial charge in [-0.3, -0.25) is 0 Å². The summed E-state index contributed by atoms with van der Waals surface area (Å²) in [6.07, 6.45) is 1.05. The van der Waals surface area contributed by atoms with Gasteiger partial charge in [-0.15, -0.1) is 0 Å². The highest BCUT2D eigenvalue weighted by Crippen LogP contribution is 2.27. The first-order chi connectivity index (χ1) is 11.3. The van der Waals surface area contributed by atoms with E-state index in [1.165, 1.54) is 0 Å². The van der Waals surface area contributed by atoms with Crippen LogP contribution in [0.15, 0.2) is 18.2 Å². The molecule has 0 atom stereocenters. The molecule has 1 fully saturated rings. The molecule has 0 aliphatic carbocycles. The summed E-state index contributed by atoms with van der Waals surface area (Å²) in [7, 11) is 1.67. The number of benzene rings is 1. The summed E-state index contributed by atoms with van der Waals surface area (Å²) in [5.74, 6) is 3.88. The van der Waals surface area contributed by atoms with E-state index in [4.69, 9.17) is 26.4 Å². The molecule has 1 heterocycles. The molecule has 1 aromatic rings. The quantitative estimate of drug-likeness (QED) is 0.526. The third-order valence-corrected chi connectivity index (χ3v) is 5.07. The van der Waals surface area contributed by atoms with Crippen molar-refractivity contribution < 1.29 is 14.2 Å². The van der Waals surface area contributed by atoms with Crippen molar-refractivity contribution in [3.63, 3.8) is 0 Å². The predicted octanol–water partition coefficient (Wildman–Crippen LogP) is 3.22. The molecular weight excluding hydrogens is 330 g/mol. The Morgan fingerprint density at radius 1 is 1.35 bits per heavy atom. The summed E-state index contributed by atoms with van der Waals surface area (Å²) >= 11 is 7.56. The van der Waals surface area contributed by atoms with Crippen molar-refractivity contribution in [2.45, 2.75) is 13.3 Å². The molecule has 0 unspecified atom stereocenters. The van der Waals surface area contributed by atoms with E-state index in [1.807, 2.05) is 30.0 Å². The van der Waals surface area contributed by atoms with Gasteiger partial charge in [-0.05, 0) is 30.1 Å². The molecule has 23 heavy (non-hydrogen) atoms. The molecule has 1 saturated heterocycles. The van der Waals surface area contributed by atoms with E-state index >= 15 is 0 Å². The molecule has 0 radical (unpaired) electrons. The number of thiocarbonyl (C=S) groups is 1. The maximum absolute atomic E-state index is 5.81. The number of hydrogen-bond donors (Lipinski definition) is 0. The minimum atomic E-state index is 0.722. The third kappa shape index (κ3) is 5.55. The Kier molecular flexibility index (Phi) is 7.99. The van der Waals surface area contributed by atoms with Gasteiger partial charge in [0, 0.05) is 19.2 Å². The van der Waals surface area contributed by atoms with E-state index in [-0.39, 0.29) is 0 Å².